The first kappa shape index (κ1) is 15.6. The Labute approximate surface area is 119 Å². The van der Waals surface area contributed by atoms with Gasteiger partial charge in [0.1, 0.15) is 0 Å². The molecular formula is C11H16Br3N. The molecule has 0 saturated carbocycles. The van der Waals surface area contributed by atoms with Crippen LogP contribution in [0, 0.1) is 0 Å². The summed E-state index contributed by atoms with van der Waals surface area (Å²) in [6.07, 6.45) is 0. The van der Waals surface area contributed by atoms with Gasteiger partial charge in [0.15, 0.2) is 0 Å². The first-order valence-electron chi connectivity index (χ1n) is 4.75. The third-order valence-electron chi connectivity index (χ3n) is 2.05. The van der Waals surface area contributed by atoms with Gasteiger partial charge in [0.05, 0.1) is 0 Å². The number of benzene rings is 1. The highest BCUT2D eigenvalue weighted by molar-refractivity contribution is 9.09. The van der Waals surface area contributed by atoms with Gasteiger partial charge in [0.25, 0.3) is 0 Å². The average molecular weight is 402 g/mol. The van der Waals surface area contributed by atoms with Crippen LogP contribution in [0.15, 0.2) is 30.3 Å². The molecule has 0 aliphatic heterocycles. The molecule has 1 rings (SSSR count). The van der Waals surface area contributed by atoms with E-state index in [0.29, 0.717) is 0 Å². The van der Waals surface area contributed by atoms with Crippen LogP contribution < -0.4 is 0 Å². The van der Waals surface area contributed by atoms with Gasteiger partial charge in [-0.25, -0.2) is 0 Å². The van der Waals surface area contributed by atoms with E-state index < -0.39 is 0 Å². The first-order chi connectivity index (χ1) is 6.86. The highest BCUT2D eigenvalue weighted by Crippen LogP contribution is 2.05. The van der Waals surface area contributed by atoms with E-state index in [0.717, 1.165) is 30.3 Å². The lowest BCUT2D eigenvalue weighted by atomic mass is 10.2. The molecule has 0 aliphatic carbocycles. The fraction of sp³-hybridized carbons (Fsp3) is 0.455. The predicted octanol–water partition coefficient (Wildman–Crippen LogP) is 3.86. The number of alkyl halides is 2. The molecule has 1 nitrogen and oxygen atoms in total. The first-order valence-corrected chi connectivity index (χ1v) is 6.99. The van der Waals surface area contributed by atoms with Crippen molar-refractivity contribution < 1.29 is 0 Å². The Morgan fingerprint density at radius 2 is 1.47 bits per heavy atom. The van der Waals surface area contributed by atoms with E-state index in [1.54, 1.807) is 0 Å². The van der Waals surface area contributed by atoms with E-state index in [-0.39, 0.29) is 17.0 Å². The molecule has 0 amide bonds. The summed E-state index contributed by atoms with van der Waals surface area (Å²) in [5, 5.41) is 2.07. The molecule has 0 aromatic heterocycles. The summed E-state index contributed by atoms with van der Waals surface area (Å²) in [4.78, 5) is 2.43. The molecule has 0 saturated heterocycles. The molecule has 86 valence electrons. The van der Waals surface area contributed by atoms with E-state index in [2.05, 4.69) is 67.1 Å². The maximum absolute atomic E-state index is 3.48. The zero-order chi connectivity index (χ0) is 10.2. The van der Waals surface area contributed by atoms with E-state index in [1.165, 1.54) is 5.56 Å². The van der Waals surface area contributed by atoms with Gasteiger partial charge in [-0.3, -0.25) is 4.90 Å². The molecule has 0 bridgehead atoms. The van der Waals surface area contributed by atoms with Gasteiger partial charge >= 0.3 is 0 Å². The summed E-state index contributed by atoms with van der Waals surface area (Å²) < 4.78 is 0. The molecule has 0 spiro atoms. The zero-order valence-electron chi connectivity index (χ0n) is 8.53. The maximum atomic E-state index is 3.48. The fourth-order valence-electron chi connectivity index (χ4n) is 1.35. The number of nitrogens with zero attached hydrogens (tertiary/aromatic N) is 1. The number of hydrogen-bond acceptors (Lipinski definition) is 1. The normalized spacial score (nSPS) is 10.1. The molecule has 0 atom stereocenters. The molecule has 0 radical (unpaired) electrons. The Hall–Kier alpha value is 0.620. The van der Waals surface area contributed by atoms with Crippen LogP contribution in [0.3, 0.4) is 0 Å². The summed E-state index contributed by atoms with van der Waals surface area (Å²) in [5.74, 6) is 0. The lowest BCUT2D eigenvalue weighted by Crippen LogP contribution is -2.27. The van der Waals surface area contributed by atoms with Crippen molar-refractivity contribution >= 4 is 48.8 Å². The monoisotopic (exact) mass is 399 g/mol. The summed E-state index contributed by atoms with van der Waals surface area (Å²) in [5.41, 5.74) is 1.38. The van der Waals surface area contributed by atoms with E-state index >= 15 is 0 Å². The standard InChI is InChI=1S/C11H15Br2N.BrH/c12-6-8-14(9-7-13)10-11-4-2-1-3-5-11;/h1-5H,6-10H2;1H. The zero-order valence-corrected chi connectivity index (χ0v) is 13.4. The van der Waals surface area contributed by atoms with Crippen LogP contribution >= 0.6 is 48.8 Å². The van der Waals surface area contributed by atoms with Crippen LogP contribution in [-0.4, -0.2) is 28.6 Å². The van der Waals surface area contributed by atoms with E-state index in [4.69, 9.17) is 0 Å². The van der Waals surface area contributed by atoms with Crippen molar-refractivity contribution in [3.05, 3.63) is 35.9 Å². The quantitative estimate of drug-likeness (QED) is 0.654. The van der Waals surface area contributed by atoms with Crippen LogP contribution in [0.2, 0.25) is 0 Å². The number of rotatable bonds is 6. The topological polar surface area (TPSA) is 3.24 Å². The molecule has 0 unspecified atom stereocenters. The molecular weight excluding hydrogens is 386 g/mol. The van der Waals surface area contributed by atoms with Crippen molar-refractivity contribution in [3.63, 3.8) is 0 Å². The Morgan fingerprint density at radius 1 is 0.933 bits per heavy atom. The second-order valence-electron chi connectivity index (χ2n) is 3.14. The minimum Gasteiger partial charge on any atom is -0.297 e. The fourth-order valence-corrected chi connectivity index (χ4v) is 2.35. The maximum Gasteiger partial charge on any atom is 0.0234 e. The Balaban J connectivity index is 0.00000196. The van der Waals surface area contributed by atoms with E-state index in [9.17, 15) is 0 Å². The molecule has 0 N–H and O–H groups in total. The minimum absolute atomic E-state index is 0. The summed E-state index contributed by atoms with van der Waals surface area (Å²) in [6.45, 7) is 3.24. The van der Waals surface area contributed by atoms with Crippen molar-refractivity contribution in [3.8, 4) is 0 Å². The van der Waals surface area contributed by atoms with Gasteiger partial charge < -0.3 is 0 Å². The number of halogens is 3. The average Bonchev–Trinajstić information content (AvgIpc) is 2.20. The van der Waals surface area contributed by atoms with Gasteiger partial charge in [-0.2, -0.15) is 0 Å². The van der Waals surface area contributed by atoms with Gasteiger partial charge in [-0.05, 0) is 5.56 Å². The lowest BCUT2D eigenvalue weighted by molar-refractivity contribution is 0.302. The van der Waals surface area contributed by atoms with Crippen molar-refractivity contribution in [2.24, 2.45) is 0 Å². The SMILES string of the molecule is Br.BrCCN(CCBr)Cc1ccccc1. The third kappa shape index (κ3) is 6.72. The van der Waals surface area contributed by atoms with Crippen molar-refractivity contribution in [1.82, 2.24) is 4.90 Å². The smallest absolute Gasteiger partial charge is 0.0234 e. The van der Waals surface area contributed by atoms with Gasteiger partial charge in [0, 0.05) is 30.3 Å². The van der Waals surface area contributed by atoms with Crippen LogP contribution in [-0.2, 0) is 6.54 Å². The molecule has 0 heterocycles. The third-order valence-corrected chi connectivity index (χ3v) is 2.76. The summed E-state index contributed by atoms with van der Waals surface area (Å²) in [6, 6.07) is 10.6. The molecule has 1 aromatic carbocycles. The predicted molar refractivity (Wildman–Crippen MR) is 79.6 cm³/mol. The molecule has 1 aromatic rings. The molecule has 4 heteroatoms. The largest absolute Gasteiger partial charge is 0.297 e. The lowest BCUT2D eigenvalue weighted by Gasteiger charge is -2.19. The summed E-state index contributed by atoms with van der Waals surface area (Å²) in [7, 11) is 0. The van der Waals surface area contributed by atoms with Gasteiger partial charge in [-0.1, -0.05) is 62.2 Å². The summed E-state index contributed by atoms with van der Waals surface area (Å²) >= 11 is 6.95. The second kappa shape index (κ2) is 9.82. The van der Waals surface area contributed by atoms with Crippen molar-refractivity contribution in [2.75, 3.05) is 23.7 Å². The molecule has 0 fully saturated rings. The number of hydrogen-bond donors (Lipinski definition) is 0. The van der Waals surface area contributed by atoms with Crippen LogP contribution in [0.5, 0.6) is 0 Å². The Bertz CT molecular complexity index is 235. The minimum atomic E-state index is 0. The Morgan fingerprint density at radius 3 is 1.93 bits per heavy atom. The molecule has 15 heavy (non-hydrogen) atoms. The van der Waals surface area contributed by atoms with Crippen LogP contribution in [0.25, 0.3) is 0 Å². The van der Waals surface area contributed by atoms with Crippen LogP contribution in [0.1, 0.15) is 5.56 Å². The van der Waals surface area contributed by atoms with Gasteiger partial charge in [-0.15, -0.1) is 17.0 Å². The van der Waals surface area contributed by atoms with Crippen molar-refractivity contribution in [1.29, 1.82) is 0 Å². The van der Waals surface area contributed by atoms with Gasteiger partial charge in [0.2, 0.25) is 0 Å². The van der Waals surface area contributed by atoms with E-state index in [1.807, 2.05) is 0 Å². The second-order valence-corrected chi connectivity index (χ2v) is 4.73. The van der Waals surface area contributed by atoms with Crippen LogP contribution in [0.4, 0.5) is 0 Å². The Kier molecular flexibility index (Phi) is 10.2. The highest BCUT2D eigenvalue weighted by atomic mass is 79.9. The highest BCUT2D eigenvalue weighted by Gasteiger charge is 2.03. The van der Waals surface area contributed by atoms with Crippen molar-refractivity contribution in [2.45, 2.75) is 6.54 Å². The molecule has 0 aliphatic rings.